The average Bonchev–Trinajstić information content (AvgIpc) is 3.69. The lowest BCUT2D eigenvalue weighted by atomic mass is 9.98. The second-order valence-electron chi connectivity index (χ2n) is 9.38. The standard InChI is InChI=1S/C23H20N4.C6H8N2.C6H11N.C2H6/c1-16(17-6-5-8-20(14-17)24-2)18-9-11-21-22(26-27-23(21)15-18)12-10-19-7-3-4-13-25-19;1-3-6-4-5(2)7-8-6;1-3-4-5-6(2)7;1-2/h3-15,24H,1H2,2H3,(H,26,27);3-4H,1H2,2H3,(H,7,8);3-5H,7H2,1-2H3;1-2H3/b12-10+;;4-3-,6-5+;. The van der Waals surface area contributed by atoms with Crippen molar-refractivity contribution >= 4 is 40.4 Å². The Morgan fingerprint density at radius 1 is 0.909 bits per heavy atom. The Labute approximate surface area is 262 Å². The number of aromatic amines is 2. The molecular formula is C37H45N7. The number of nitrogens with two attached hydrogens (primary N) is 1. The molecule has 228 valence electrons. The number of allylic oxidation sites excluding steroid dienone is 4. The molecule has 0 aliphatic heterocycles. The highest BCUT2D eigenvalue weighted by molar-refractivity contribution is 5.92. The number of anilines is 1. The van der Waals surface area contributed by atoms with Crippen molar-refractivity contribution < 1.29 is 0 Å². The largest absolute Gasteiger partial charge is 0.402 e. The molecule has 0 spiro atoms. The van der Waals surface area contributed by atoms with Crippen LogP contribution in [0.15, 0.2) is 110 Å². The smallest absolute Gasteiger partial charge is 0.0928 e. The number of nitrogens with one attached hydrogen (secondary N) is 3. The zero-order valence-electron chi connectivity index (χ0n) is 26.7. The zero-order valence-corrected chi connectivity index (χ0v) is 26.7. The molecular weight excluding hydrogens is 542 g/mol. The predicted octanol–water partition coefficient (Wildman–Crippen LogP) is 9.04. The summed E-state index contributed by atoms with van der Waals surface area (Å²) < 4.78 is 0. The van der Waals surface area contributed by atoms with E-state index in [9.17, 15) is 0 Å². The van der Waals surface area contributed by atoms with E-state index < -0.39 is 0 Å². The van der Waals surface area contributed by atoms with E-state index >= 15 is 0 Å². The molecule has 0 aliphatic rings. The second kappa shape index (κ2) is 18.9. The van der Waals surface area contributed by atoms with Gasteiger partial charge in [-0.25, -0.2) is 0 Å². The molecule has 0 saturated heterocycles. The predicted molar refractivity (Wildman–Crippen MR) is 191 cm³/mol. The van der Waals surface area contributed by atoms with E-state index in [1.165, 1.54) is 0 Å². The van der Waals surface area contributed by atoms with Crippen LogP contribution < -0.4 is 11.1 Å². The quantitative estimate of drug-likeness (QED) is 0.142. The monoisotopic (exact) mass is 587 g/mol. The fourth-order valence-electron chi connectivity index (χ4n) is 3.82. The van der Waals surface area contributed by atoms with Crippen molar-refractivity contribution in [2.24, 2.45) is 5.73 Å². The number of hydrogen-bond donors (Lipinski definition) is 4. The van der Waals surface area contributed by atoms with Crippen molar-refractivity contribution in [3.05, 3.63) is 144 Å². The van der Waals surface area contributed by atoms with Gasteiger partial charge in [-0.3, -0.25) is 15.2 Å². The molecule has 0 aliphatic carbocycles. The lowest BCUT2D eigenvalue weighted by Gasteiger charge is -2.08. The minimum atomic E-state index is 0.845. The third-order valence-corrected chi connectivity index (χ3v) is 6.03. The van der Waals surface area contributed by atoms with E-state index in [1.807, 2.05) is 108 Å². The summed E-state index contributed by atoms with van der Waals surface area (Å²) in [6.45, 7) is 17.6. The molecule has 5 aromatic rings. The average molecular weight is 588 g/mol. The van der Waals surface area contributed by atoms with Gasteiger partial charge in [0.2, 0.25) is 0 Å². The molecule has 7 heteroatoms. The van der Waals surface area contributed by atoms with Gasteiger partial charge in [0.15, 0.2) is 0 Å². The van der Waals surface area contributed by atoms with Gasteiger partial charge in [0.25, 0.3) is 0 Å². The van der Waals surface area contributed by atoms with Gasteiger partial charge >= 0.3 is 0 Å². The van der Waals surface area contributed by atoms with Crippen LogP contribution in [-0.2, 0) is 0 Å². The minimum absolute atomic E-state index is 0.845. The number of aromatic nitrogens is 5. The molecule has 3 heterocycles. The first-order valence-electron chi connectivity index (χ1n) is 14.6. The second-order valence-corrected chi connectivity index (χ2v) is 9.38. The first-order valence-corrected chi connectivity index (χ1v) is 14.6. The molecule has 7 nitrogen and oxygen atoms in total. The van der Waals surface area contributed by atoms with Gasteiger partial charge in [-0.2, -0.15) is 10.2 Å². The van der Waals surface area contributed by atoms with Gasteiger partial charge in [0.05, 0.1) is 22.6 Å². The highest BCUT2D eigenvalue weighted by atomic mass is 15.1. The maximum atomic E-state index is 5.29. The molecule has 5 N–H and O–H groups in total. The summed E-state index contributed by atoms with van der Waals surface area (Å²) in [6.07, 6.45) is 13.1. The summed E-state index contributed by atoms with van der Waals surface area (Å²) in [5.41, 5.74) is 15.1. The van der Waals surface area contributed by atoms with Crippen LogP contribution in [0, 0.1) is 6.92 Å². The molecule has 0 amide bonds. The molecule has 0 radical (unpaired) electrons. The lowest BCUT2D eigenvalue weighted by Crippen LogP contribution is -1.91. The number of aryl methyl sites for hydroxylation is 1. The fourth-order valence-corrected chi connectivity index (χ4v) is 3.82. The Morgan fingerprint density at radius 2 is 1.68 bits per heavy atom. The molecule has 0 atom stereocenters. The molecule has 3 aromatic heterocycles. The minimum Gasteiger partial charge on any atom is -0.402 e. The van der Waals surface area contributed by atoms with Crippen molar-refractivity contribution in [1.29, 1.82) is 0 Å². The Kier molecular flexibility index (Phi) is 14.9. The van der Waals surface area contributed by atoms with E-state index in [0.717, 1.165) is 61.8 Å². The van der Waals surface area contributed by atoms with Crippen LogP contribution in [0.5, 0.6) is 0 Å². The van der Waals surface area contributed by atoms with Crippen molar-refractivity contribution in [2.75, 3.05) is 12.4 Å². The van der Waals surface area contributed by atoms with Gasteiger partial charge < -0.3 is 11.1 Å². The van der Waals surface area contributed by atoms with Gasteiger partial charge in [0, 0.05) is 35.7 Å². The maximum absolute atomic E-state index is 5.29. The third kappa shape index (κ3) is 11.1. The summed E-state index contributed by atoms with van der Waals surface area (Å²) in [5, 5.41) is 18.5. The number of fused-ring (bicyclic) bond motifs is 1. The summed E-state index contributed by atoms with van der Waals surface area (Å²) in [6, 6.07) is 22.3. The van der Waals surface area contributed by atoms with Crippen LogP contribution in [0.2, 0.25) is 0 Å². The first kappa shape index (κ1) is 34.8. The van der Waals surface area contributed by atoms with E-state index in [2.05, 4.69) is 74.2 Å². The van der Waals surface area contributed by atoms with Crippen LogP contribution in [0.3, 0.4) is 0 Å². The molecule has 44 heavy (non-hydrogen) atoms. The SMILES string of the molecule is C/C=C\C=C(/C)N.C=C(c1cccc(NC)c1)c1ccc2c(/C=C/c3ccccn3)n[nH]c2c1.C=Cc1cc(C)[nH]n1.CC. The summed E-state index contributed by atoms with van der Waals surface area (Å²) in [4.78, 5) is 4.30. The van der Waals surface area contributed by atoms with Crippen LogP contribution in [0.1, 0.15) is 61.6 Å². The van der Waals surface area contributed by atoms with Crippen molar-refractivity contribution in [3.8, 4) is 0 Å². The summed E-state index contributed by atoms with van der Waals surface area (Å²) in [5.74, 6) is 0. The van der Waals surface area contributed by atoms with Crippen LogP contribution >= 0.6 is 0 Å². The summed E-state index contributed by atoms with van der Waals surface area (Å²) in [7, 11) is 1.92. The fraction of sp³-hybridized carbons (Fsp3) is 0.162. The van der Waals surface area contributed by atoms with Crippen molar-refractivity contribution in [2.45, 2.75) is 34.6 Å². The van der Waals surface area contributed by atoms with E-state index in [4.69, 9.17) is 5.73 Å². The van der Waals surface area contributed by atoms with Crippen molar-refractivity contribution in [3.63, 3.8) is 0 Å². The van der Waals surface area contributed by atoms with Gasteiger partial charge in [-0.15, -0.1) is 0 Å². The van der Waals surface area contributed by atoms with Gasteiger partial charge in [-0.1, -0.05) is 63.4 Å². The lowest BCUT2D eigenvalue weighted by molar-refractivity contribution is 1.04. The van der Waals surface area contributed by atoms with Gasteiger partial charge in [0.1, 0.15) is 0 Å². The van der Waals surface area contributed by atoms with Crippen LogP contribution in [0.25, 0.3) is 34.7 Å². The van der Waals surface area contributed by atoms with Crippen LogP contribution in [0.4, 0.5) is 5.69 Å². The molecule has 0 fully saturated rings. The Bertz CT molecular complexity index is 1680. The Morgan fingerprint density at radius 3 is 2.25 bits per heavy atom. The molecule has 0 saturated carbocycles. The van der Waals surface area contributed by atoms with E-state index in [-0.39, 0.29) is 0 Å². The number of rotatable bonds is 7. The first-order chi connectivity index (χ1) is 21.3. The van der Waals surface area contributed by atoms with Crippen LogP contribution in [-0.4, -0.2) is 32.4 Å². The van der Waals surface area contributed by atoms with E-state index in [1.54, 1.807) is 12.3 Å². The van der Waals surface area contributed by atoms with Gasteiger partial charge in [-0.05, 0) is 104 Å². The Hall–Kier alpha value is -5.43. The number of hydrogen-bond acceptors (Lipinski definition) is 5. The zero-order chi connectivity index (χ0) is 32.3. The number of H-pyrrole nitrogens is 2. The summed E-state index contributed by atoms with van der Waals surface area (Å²) >= 11 is 0. The number of benzene rings is 2. The normalized spacial score (nSPS) is 10.7. The molecule has 0 unspecified atom stereocenters. The van der Waals surface area contributed by atoms with Crippen molar-refractivity contribution in [1.82, 2.24) is 25.4 Å². The number of nitrogens with zero attached hydrogens (tertiary/aromatic N) is 3. The highest BCUT2D eigenvalue weighted by Crippen LogP contribution is 2.27. The molecule has 0 bridgehead atoms. The molecule has 5 rings (SSSR count). The maximum Gasteiger partial charge on any atom is 0.0928 e. The third-order valence-electron chi connectivity index (χ3n) is 6.03. The molecule has 2 aromatic carbocycles. The van der Waals surface area contributed by atoms with E-state index in [0.29, 0.717) is 0 Å². The topological polar surface area (TPSA) is 108 Å². The highest BCUT2D eigenvalue weighted by Gasteiger charge is 2.08. The number of pyridine rings is 1. The Balaban J connectivity index is 0.000000326.